The van der Waals surface area contributed by atoms with Gasteiger partial charge in [0.05, 0.1) is 20.2 Å². The number of hydrogen-bond donors (Lipinski definition) is 2. The zero-order valence-corrected chi connectivity index (χ0v) is 17.2. The summed E-state index contributed by atoms with van der Waals surface area (Å²) in [5, 5.41) is 12.1. The molecule has 0 spiro atoms. The van der Waals surface area contributed by atoms with Gasteiger partial charge in [-0.05, 0) is 28.2 Å². The largest absolute Gasteiger partial charge is 0.384 e. The van der Waals surface area contributed by atoms with Gasteiger partial charge in [-0.3, -0.25) is 9.59 Å². The van der Waals surface area contributed by atoms with Crippen LogP contribution in [0.15, 0.2) is 0 Å². The van der Waals surface area contributed by atoms with Crippen LogP contribution in [0.2, 0.25) is 0 Å². The van der Waals surface area contributed by atoms with Crippen LogP contribution in [0.25, 0.3) is 0 Å². The maximum Gasteiger partial charge on any atom is 0.248 e. The Balaban J connectivity index is 2.59. The Labute approximate surface area is 135 Å². The fourth-order valence-electron chi connectivity index (χ4n) is 2.10. The van der Waals surface area contributed by atoms with E-state index in [1.54, 1.807) is 0 Å². The Morgan fingerprint density at radius 1 is 1.67 bits per heavy atom. The Kier molecular flexibility index (Phi) is 9.55. The highest BCUT2D eigenvalue weighted by atomic mass is 32.4. The maximum atomic E-state index is 12.1. The van der Waals surface area contributed by atoms with E-state index >= 15 is 0 Å². The number of carbonyl (C=O) groups excluding carboxylic acids is 2. The van der Waals surface area contributed by atoms with E-state index in [0.717, 1.165) is 13.0 Å². The van der Waals surface area contributed by atoms with Crippen LogP contribution < -0.4 is 5.32 Å². The molecular weight excluding hydrogens is 367 g/mol. The monoisotopic (exact) mass is 390 g/mol. The van der Waals surface area contributed by atoms with E-state index in [1.165, 1.54) is 6.92 Å². The van der Waals surface area contributed by atoms with Gasteiger partial charge in [0.1, 0.15) is 6.10 Å². The molecule has 2 N–H and O–H groups in total. The lowest BCUT2D eigenvalue weighted by Gasteiger charge is -2.23. The summed E-state index contributed by atoms with van der Waals surface area (Å²) in [4.78, 5) is 23.8. The van der Waals surface area contributed by atoms with Crippen molar-refractivity contribution in [3.8, 4) is 0 Å². The molecule has 1 rings (SSSR count). The second kappa shape index (κ2) is 10.00. The molecule has 0 radical (unpaired) electrons. The lowest BCUT2D eigenvalue weighted by atomic mass is 9.98. The number of aliphatic hydroxyl groups is 1. The van der Waals surface area contributed by atoms with Crippen molar-refractivity contribution in [2.45, 2.75) is 31.9 Å². The predicted molar refractivity (Wildman–Crippen MR) is 98.4 cm³/mol. The van der Waals surface area contributed by atoms with Gasteiger partial charge in [0.25, 0.3) is 0 Å². The normalized spacial score (nSPS) is 22.3. The number of rotatable bonds is 8. The van der Waals surface area contributed by atoms with Crippen molar-refractivity contribution in [2.75, 3.05) is 13.2 Å². The zero-order chi connectivity index (χ0) is 16.0. The summed E-state index contributed by atoms with van der Waals surface area (Å²) in [5.41, 5.74) is 0. The summed E-state index contributed by atoms with van der Waals surface area (Å²) >= 11 is 0. The van der Waals surface area contributed by atoms with E-state index in [4.69, 9.17) is 4.52 Å². The molecule has 1 heterocycles. The van der Waals surface area contributed by atoms with Crippen molar-refractivity contribution < 1.29 is 19.2 Å². The molecule has 0 bridgehead atoms. The highest BCUT2D eigenvalue weighted by Gasteiger charge is 2.33. The summed E-state index contributed by atoms with van der Waals surface area (Å²) in [6, 6.07) is -0.264. The SMILES string of the molecule is CC(O)C(=O)NC(COP(P)P)CC1CCN(PP)C1=O. The number of aliphatic hydroxyl groups excluding tert-OH is 1. The molecule has 0 aromatic carbocycles. The summed E-state index contributed by atoms with van der Waals surface area (Å²) in [5.74, 6) is -0.379. The minimum Gasteiger partial charge on any atom is -0.384 e. The Morgan fingerprint density at radius 3 is 2.81 bits per heavy atom. The second-order valence-corrected chi connectivity index (χ2v) is 12.3. The Morgan fingerprint density at radius 2 is 2.33 bits per heavy atom. The van der Waals surface area contributed by atoms with Gasteiger partial charge >= 0.3 is 0 Å². The standard InChI is InChI=1S/C10H23N2O4P5/c1-6(13)9(14)11-8(5-16-21(18)19)4-7-2-3-12(20-17)10(7)15/h6-8,13,20H,2-5,17-19H2,1H3,(H,11,14). The van der Waals surface area contributed by atoms with Crippen LogP contribution in [0.1, 0.15) is 19.8 Å². The van der Waals surface area contributed by atoms with Crippen molar-refractivity contribution in [3.63, 3.8) is 0 Å². The molecule has 1 fully saturated rings. The van der Waals surface area contributed by atoms with Gasteiger partial charge in [-0.25, -0.2) is 0 Å². The molecule has 122 valence electrons. The summed E-state index contributed by atoms with van der Waals surface area (Å²) < 4.78 is 7.37. The first-order chi connectivity index (χ1) is 9.85. The third-order valence-electron chi connectivity index (χ3n) is 3.19. The highest BCUT2D eigenvalue weighted by Crippen LogP contribution is 2.53. The van der Waals surface area contributed by atoms with Crippen molar-refractivity contribution in [3.05, 3.63) is 0 Å². The van der Waals surface area contributed by atoms with E-state index in [1.807, 2.05) is 4.67 Å². The molecule has 11 heteroatoms. The number of carbonyl (C=O) groups is 2. The van der Waals surface area contributed by atoms with Gasteiger partial charge in [0.2, 0.25) is 11.8 Å². The first kappa shape index (κ1) is 20.1. The van der Waals surface area contributed by atoms with Crippen LogP contribution in [0, 0.1) is 5.92 Å². The quantitative estimate of drug-likeness (QED) is 0.616. The van der Waals surface area contributed by atoms with Crippen LogP contribution >= 0.6 is 42.7 Å². The molecule has 0 aliphatic carbocycles. The van der Waals surface area contributed by atoms with Crippen molar-refractivity contribution >= 4 is 54.5 Å². The number of hydrogen-bond acceptors (Lipinski definition) is 4. The second-order valence-electron chi connectivity index (χ2n) is 4.88. The number of nitrogens with zero attached hydrogens (tertiary/aromatic N) is 1. The van der Waals surface area contributed by atoms with Crippen molar-refractivity contribution in [2.24, 2.45) is 5.92 Å². The van der Waals surface area contributed by atoms with Gasteiger partial charge in [-0.2, -0.15) is 0 Å². The Bertz CT molecular complexity index is 371. The van der Waals surface area contributed by atoms with E-state index < -0.39 is 19.5 Å². The molecule has 0 aromatic heterocycles. The lowest BCUT2D eigenvalue weighted by Crippen LogP contribution is -2.44. The number of nitrogens with one attached hydrogen (secondary N) is 1. The van der Waals surface area contributed by atoms with Crippen LogP contribution in [-0.2, 0) is 14.1 Å². The molecule has 21 heavy (non-hydrogen) atoms. The first-order valence-electron chi connectivity index (χ1n) is 6.53. The average molecular weight is 390 g/mol. The van der Waals surface area contributed by atoms with Crippen LogP contribution in [0.5, 0.6) is 0 Å². The van der Waals surface area contributed by atoms with Crippen molar-refractivity contribution in [1.29, 1.82) is 0 Å². The average Bonchev–Trinajstić information content (AvgIpc) is 2.76. The predicted octanol–water partition coefficient (Wildman–Crippen LogP) is 1.47. The maximum absolute atomic E-state index is 12.1. The zero-order valence-electron chi connectivity index (χ0n) is 11.9. The van der Waals surface area contributed by atoms with E-state index in [-0.39, 0.29) is 17.9 Å². The molecule has 1 aliphatic heterocycles. The third kappa shape index (κ3) is 6.97. The van der Waals surface area contributed by atoms with Gasteiger partial charge in [0.15, 0.2) is 0 Å². The summed E-state index contributed by atoms with van der Waals surface area (Å²) in [6.45, 7) is 2.52. The smallest absolute Gasteiger partial charge is 0.248 e. The number of amides is 2. The van der Waals surface area contributed by atoms with E-state index in [9.17, 15) is 14.7 Å². The van der Waals surface area contributed by atoms with Crippen LogP contribution in [0.4, 0.5) is 0 Å². The van der Waals surface area contributed by atoms with Gasteiger partial charge < -0.3 is 19.6 Å². The molecule has 7 atom stereocenters. The van der Waals surface area contributed by atoms with Crippen LogP contribution in [-0.4, -0.2) is 46.9 Å². The molecule has 1 saturated heterocycles. The summed E-state index contributed by atoms with van der Waals surface area (Å²) in [6.07, 6.45) is 0.282. The fraction of sp³-hybridized carbons (Fsp3) is 0.800. The molecular formula is C10H23N2O4P5. The van der Waals surface area contributed by atoms with Gasteiger partial charge in [-0.1, -0.05) is 26.8 Å². The lowest BCUT2D eigenvalue weighted by molar-refractivity contribution is -0.131. The topological polar surface area (TPSA) is 78.9 Å². The molecule has 7 unspecified atom stereocenters. The van der Waals surface area contributed by atoms with E-state index in [0.29, 0.717) is 21.4 Å². The fourth-order valence-corrected chi connectivity index (χ4v) is 4.30. The minimum atomic E-state index is -1.06. The van der Waals surface area contributed by atoms with Crippen LogP contribution in [0.3, 0.4) is 0 Å². The minimum absolute atomic E-state index is 0.0822. The van der Waals surface area contributed by atoms with Crippen molar-refractivity contribution in [1.82, 2.24) is 9.99 Å². The molecule has 0 aromatic rings. The highest BCUT2D eigenvalue weighted by molar-refractivity contribution is 8.41. The molecule has 6 nitrogen and oxygen atoms in total. The molecule has 2 amide bonds. The summed E-state index contributed by atoms with van der Waals surface area (Å²) in [7, 11) is 7.40. The molecule has 0 saturated carbocycles. The third-order valence-corrected chi connectivity index (χ3v) is 6.22. The first-order valence-corrected chi connectivity index (χ1v) is 13.8. The Hall–Kier alpha value is 1.01. The molecule has 1 aliphatic rings. The van der Waals surface area contributed by atoms with E-state index in [2.05, 4.69) is 32.1 Å². The van der Waals surface area contributed by atoms with Gasteiger partial charge in [-0.15, -0.1) is 0 Å². The van der Waals surface area contributed by atoms with Gasteiger partial charge in [0, 0.05) is 12.5 Å².